The number of halogens is 3. The van der Waals surface area contributed by atoms with E-state index < -0.39 is 11.7 Å². The van der Waals surface area contributed by atoms with Gasteiger partial charge in [-0.1, -0.05) is 6.07 Å². The second-order valence-corrected chi connectivity index (χ2v) is 6.04. The van der Waals surface area contributed by atoms with E-state index in [4.69, 9.17) is 0 Å². The molecule has 7 heteroatoms. The molecule has 2 aromatic rings. The third kappa shape index (κ3) is 3.77. The summed E-state index contributed by atoms with van der Waals surface area (Å²) in [7, 11) is 0. The minimum atomic E-state index is -4.44. The Balaban J connectivity index is 1.61. The van der Waals surface area contributed by atoms with Crippen molar-refractivity contribution in [2.45, 2.75) is 25.6 Å². The number of alkyl halides is 3. The van der Waals surface area contributed by atoms with Crippen LogP contribution in [0.5, 0.6) is 0 Å². The summed E-state index contributed by atoms with van der Waals surface area (Å²) in [6.07, 6.45) is 0.842. The van der Waals surface area contributed by atoms with E-state index >= 15 is 0 Å². The number of carbonyl (C=O) groups is 1. The Hall–Kier alpha value is -2.31. The molecule has 0 N–H and O–H groups in total. The zero-order chi connectivity index (χ0) is 17.2. The molecule has 0 radical (unpaired) electrons. The van der Waals surface area contributed by atoms with Gasteiger partial charge in [0.1, 0.15) is 0 Å². The van der Waals surface area contributed by atoms with Crippen molar-refractivity contribution in [1.82, 2.24) is 14.7 Å². The molecule has 0 bridgehead atoms. The van der Waals surface area contributed by atoms with E-state index in [9.17, 15) is 18.0 Å². The number of benzene rings is 1. The van der Waals surface area contributed by atoms with Crippen molar-refractivity contribution < 1.29 is 18.0 Å². The number of carbonyl (C=O) groups excluding carboxylic acids is 1. The molecule has 1 saturated heterocycles. The van der Waals surface area contributed by atoms with E-state index in [0.717, 1.165) is 31.5 Å². The standard InChI is InChI=1S/C17H18F3N3O/c18-17(19,20)15-4-1-3-14(11-15)16(24)22-9-5-13(6-10-22)12-23-8-2-7-21-23/h1-4,7-8,11,13H,5-6,9-10,12H2. The van der Waals surface area contributed by atoms with Gasteiger partial charge in [0, 0.05) is 37.6 Å². The first-order valence-electron chi connectivity index (χ1n) is 7.87. The molecular weight excluding hydrogens is 319 g/mol. The van der Waals surface area contributed by atoms with E-state index in [0.29, 0.717) is 19.0 Å². The van der Waals surface area contributed by atoms with Crippen LogP contribution >= 0.6 is 0 Å². The minimum absolute atomic E-state index is 0.0929. The second-order valence-electron chi connectivity index (χ2n) is 6.04. The van der Waals surface area contributed by atoms with Gasteiger partial charge in [0.05, 0.1) is 5.56 Å². The van der Waals surface area contributed by atoms with E-state index in [1.807, 2.05) is 16.9 Å². The molecule has 0 unspecified atom stereocenters. The summed E-state index contributed by atoms with van der Waals surface area (Å²) in [5, 5.41) is 4.17. The Morgan fingerprint density at radius 2 is 1.96 bits per heavy atom. The van der Waals surface area contributed by atoms with Crippen LogP contribution in [0.15, 0.2) is 42.7 Å². The zero-order valence-electron chi connectivity index (χ0n) is 13.0. The molecule has 1 aliphatic rings. The predicted octanol–water partition coefficient (Wildman–Crippen LogP) is 3.45. The van der Waals surface area contributed by atoms with Crippen molar-refractivity contribution in [2.24, 2.45) is 5.92 Å². The van der Waals surface area contributed by atoms with Gasteiger partial charge in [0.2, 0.25) is 0 Å². The molecule has 1 aromatic heterocycles. The third-order valence-electron chi connectivity index (χ3n) is 4.34. The molecule has 24 heavy (non-hydrogen) atoms. The third-order valence-corrected chi connectivity index (χ3v) is 4.34. The number of amides is 1. The fourth-order valence-corrected chi connectivity index (χ4v) is 3.00. The van der Waals surface area contributed by atoms with Crippen molar-refractivity contribution in [3.63, 3.8) is 0 Å². The number of rotatable bonds is 3. The smallest absolute Gasteiger partial charge is 0.339 e. The van der Waals surface area contributed by atoms with E-state index in [1.54, 1.807) is 11.1 Å². The average molecular weight is 337 g/mol. The van der Waals surface area contributed by atoms with Gasteiger partial charge in [-0.3, -0.25) is 9.48 Å². The molecule has 4 nitrogen and oxygen atoms in total. The summed E-state index contributed by atoms with van der Waals surface area (Å²) in [5.74, 6) is 0.0918. The van der Waals surface area contributed by atoms with Crippen LogP contribution in [0.25, 0.3) is 0 Å². The van der Waals surface area contributed by atoms with Crippen molar-refractivity contribution >= 4 is 5.91 Å². The molecule has 1 aliphatic heterocycles. The largest absolute Gasteiger partial charge is 0.416 e. The number of aromatic nitrogens is 2. The Kier molecular flexibility index (Phi) is 4.59. The molecule has 0 atom stereocenters. The fourth-order valence-electron chi connectivity index (χ4n) is 3.00. The molecule has 0 spiro atoms. The lowest BCUT2D eigenvalue weighted by Gasteiger charge is -2.32. The molecule has 0 saturated carbocycles. The Morgan fingerprint density at radius 1 is 1.21 bits per heavy atom. The summed E-state index contributed by atoms with van der Waals surface area (Å²) in [5.41, 5.74) is -0.697. The monoisotopic (exact) mass is 337 g/mol. The van der Waals surface area contributed by atoms with Gasteiger partial charge >= 0.3 is 6.18 Å². The van der Waals surface area contributed by atoms with Crippen LogP contribution in [0, 0.1) is 5.92 Å². The van der Waals surface area contributed by atoms with Crippen molar-refractivity contribution in [2.75, 3.05) is 13.1 Å². The van der Waals surface area contributed by atoms with Crippen LogP contribution < -0.4 is 0 Å². The number of likely N-dealkylation sites (tertiary alicyclic amines) is 1. The lowest BCUT2D eigenvalue weighted by atomic mass is 9.96. The van der Waals surface area contributed by atoms with Crippen LogP contribution in [0.4, 0.5) is 13.2 Å². The van der Waals surface area contributed by atoms with Crippen LogP contribution in [0.1, 0.15) is 28.8 Å². The lowest BCUT2D eigenvalue weighted by molar-refractivity contribution is -0.137. The van der Waals surface area contributed by atoms with Gasteiger partial charge in [-0.25, -0.2) is 0 Å². The molecule has 1 fully saturated rings. The molecular formula is C17H18F3N3O. The first-order chi connectivity index (χ1) is 11.4. The zero-order valence-corrected chi connectivity index (χ0v) is 13.0. The molecule has 3 rings (SSSR count). The highest BCUT2D eigenvalue weighted by Gasteiger charge is 2.31. The average Bonchev–Trinajstić information content (AvgIpc) is 3.07. The molecule has 1 amide bonds. The van der Waals surface area contributed by atoms with Crippen LogP contribution in [-0.2, 0) is 12.7 Å². The summed E-state index contributed by atoms with van der Waals surface area (Å²) >= 11 is 0. The summed E-state index contributed by atoms with van der Waals surface area (Å²) in [4.78, 5) is 14.1. The molecule has 2 heterocycles. The fraction of sp³-hybridized carbons (Fsp3) is 0.412. The Labute approximate surface area is 137 Å². The molecule has 128 valence electrons. The Morgan fingerprint density at radius 3 is 2.58 bits per heavy atom. The summed E-state index contributed by atoms with van der Waals surface area (Å²) in [6, 6.07) is 6.49. The van der Waals surface area contributed by atoms with E-state index in [2.05, 4.69) is 5.10 Å². The normalized spacial score (nSPS) is 16.4. The van der Waals surface area contributed by atoms with Crippen molar-refractivity contribution in [1.29, 1.82) is 0 Å². The number of nitrogens with zero attached hydrogens (tertiary/aromatic N) is 3. The SMILES string of the molecule is O=C(c1cccc(C(F)(F)F)c1)N1CCC(Cn2cccn2)CC1. The van der Waals surface area contributed by atoms with E-state index in [-0.39, 0.29) is 11.5 Å². The van der Waals surface area contributed by atoms with Crippen LogP contribution in [-0.4, -0.2) is 33.7 Å². The minimum Gasteiger partial charge on any atom is -0.339 e. The highest BCUT2D eigenvalue weighted by atomic mass is 19.4. The highest BCUT2D eigenvalue weighted by molar-refractivity contribution is 5.94. The summed E-state index contributed by atoms with van der Waals surface area (Å²) < 4.78 is 40.2. The highest BCUT2D eigenvalue weighted by Crippen LogP contribution is 2.30. The van der Waals surface area contributed by atoms with Crippen molar-refractivity contribution in [3.05, 3.63) is 53.9 Å². The van der Waals surface area contributed by atoms with Gasteiger partial charge < -0.3 is 4.90 Å². The molecule has 0 aliphatic carbocycles. The van der Waals surface area contributed by atoms with E-state index in [1.165, 1.54) is 12.1 Å². The van der Waals surface area contributed by atoms with Gasteiger partial charge in [0.15, 0.2) is 0 Å². The quantitative estimate of drug-likeness (QED) is 0.860. The first kappa shape index (κ1) is 16.5. The number of piperidine rings is 1. The van der Waals surface area contributed by atoms with Crippen LogP contribution in [0.2, 0.25) is 0 Å². The maximum Gasteiger partial charge on any atom is 0.416 e. The van der Waals surface area contributed by atoms with Gasteiger partial charge in [-0.2, -0.15) is 18.3 Å². The number of hydrogen-bond acceptors (Lipinski definition) is 2. The van der Waals surface area contributed by atoms with Gasteiger partial charge in [-0.15, -0.1) is 0 Å². The van der Waals surface area contributed by atoms with Crippen molar-refractivity contribution in [3.8, 4) is 0 Å². The summed E-state index contributed by atoms with van der Waals surface area (Å²) in [6.45, 7) is 1.92. The van der Waals surface area contributed by atoms with Crippen LogP contribution in [0.3, 0.4) is 0 Å². The predicted molar refractivity (Wildman–Crippen MR) is 82.3 cm³/mol. The maximum atomic E-state index is 12.8. The second kappa shape index (κ2) is 6.67. The topological polar surface area (TPSA) is 38.1 Å². The number of hydrogen-bond donors (Lipinski definition) is 0. The van der Waals surface area contributed by atoms with Gasteiger partial charge in [0.25, 0.3) is 5.91 Å². The lowest BCUT2D eigenvalue weighted by Crippen LogP contribution is -2.39. The first-order valence-corrected chi connectivity index (χ1v) is 7.87. The molecule has 1 aromatic carbocycles. The van der Waals surface area contributed by atoms with Gasteiger partial charge in [-0.05, 0) is 43.0 Å². The Bertz CT molecular complexity index is 689. The maximum absolute atomic E-state index is 12.8.